The maximum absolute atomic E-state index is 12.1. The average Bonchev–Trinajstić information content (AvgIpc) is 3.24. The molecule has 312 valence electrons. The van der Waals surface area contributed by atoms with Crippen molar-refractivity contribution in [2.75, 3.05) is 119 Å². The maximum Gasteiger partial charge on any atom is 0.297 e. The van der Waals surface area contributed by atoms with Gasteiger partial charge in [-0.2, -0.15) is 8.42 Å². The Hall–Kier alpha value is -3.57. The molecular formula is C44H58O12S. The monoisotopic (exact) mass is 810 g/mol. The van der Waals surface area contributed by atoms with Gasteiger partial charge in [-0.05, 0) is 35.7 Å². The second-order valence-corrected chi connectivity index (χ2v) is 14.2. The molecule has 12 nitrogen and oxygen atoms in total. The van der Waals surface area contributed by atoms with E-state index in [4.69, 9.17) is 46.8 Å². The third-order valence-electron chi connectivity index (χ3n) is 8.47. The van der Waals surface area contributed by atoms with E-state index in [1.165, 1.54) is 12.1 Å². The van der Waals surface area contributed by atoms with Crippen LogP contribution >= 0.6 is 0 Å². The highest BCUT2D eigenvalue weighted by Gasteiger charge is 2.37. The minimum absolute atomic E-state index is 0.0625. The van der Waals surface area contributed by atoms with Crippen LogP contribution in [0, 0.1) is 6.92 Å². The van der Waals surface area contributed by atoms with Gasteiger partial charge in [0.15, 0.2) is 0 Å². The summed E-state index contributed by atoms with van der Waals surface area (Å²) in [6.45, 7) is 9.01. The van der Waals surface area contributed by atoms with E-state index in [1.54, 1.807) is 12.1 Å². The lowest BCUT2D eigenvalue weighted by Crippen LogP contribution is -2.34. The van der Waals surface area contributed by atoms with Crippen molar-refractivity contribution in [3.05, 3.63) is 138 Å². The summed E-state index contributed by atoms with van der Waals surface area (Å²) in [5.41, 5.74) is 3.39. The molecule has 4 aromatic carbocycles. The van der Waals surface area contributed by atoms with Crippen LogP contribution in [-0.2, 0) is 62.5 Å². The van der Waals surface area contributed by atoms with Crippen LogP contribution in [0.3, 0.4) is 0 Å². The highest BCUT2D eigenvalue weighted by atomic mass is 32.2. The summed E-state index contributed by atoms with van der Waals surface area (Å²) in [6.07, 6.45) is 0. The van der Waals surface area contributed by atoms with Gasteiger partial charge >= 0.3 is 0 Å². The van der Waals surface area contributed by atoms with Gasteiger partial charge in [0.25, 0.3) is 10.1 Å². The fraction of sp³-hybridized carbons (Fsp3) is 0.455. The Balaban J connectivity index is 0.891. The van der Waals surface area contributed by atoms with Gasteiger partial charge in [0, 0.05) is 0 Å². The Morgan fingerprint density at radius 1 is 0.368 bits per heavy atom. The third-order valence-corrected chi connectivity index (χ3v) is 9.79. The Labute approximate surface area is 338 Å². The molecule has 0 radical (unpaired) electrons. The van der Waals surface area contributed by atoms with E-state index >= 15 is 0 Å². The van der Waals surface area contributed by atoms with E-state index in [0.717, 1.165) is 22.3 Å². The number of benzene rings is 4. The molecule has 0 atom stereocenters. The van der Waals surface area contributed by atoms with Crippen molar-refractivity contribution in [2.24, 2.45) is 0 Å². The molecule has 0 heterocycles. The van der Waals surface area contributed by atoms with Crippen molar-refractivity contribution in [3.63, 3.8) is 0 Å². The quantitative estimate of drug-likeness (QED) is 0.0326. The molecule has 0 spiro atoms. The first kappa shape index (κ1) is 46.1. The summed E-state index contributed by atoms with van der Waals surface area (Å²) >= 11 is 0. The predicted molar refractivity (Wildman–Crippen MR) is 216 cm³/mol. The lowest BCUT2D eigenvalue weighted by atomic mass is 9.80. The van der Waals surface area contributed by atoms with Crippen molar-refractivity contribution in [1.29, 1.82) is 0 Å². The smallest absolute Gasteiger partial charge is 0.297 e. The zero-order valence-electron chi connectivity index (χ0n) is 33.0. The molecule has 0 saturated carbocycles. The summed E-state index contributed by atoms with van der Waals surface area (Å²) in [7, 11) is -3.78. The molecule has 0 saturated heterocycles. The molecule has 13 heteroatoms. The number of rotatable bonds is 33. The zero-order chi connectivity index (χ0) is 40.1. The standard InChI is InChI=1S/C44H58O12S/c1-39-17-19-43(20-18-39)57(45,46)56-38-36-54-34-32-52-30-28-50-26-24-48-22-21-47-23-25-49-27-29-51-31-33-53-35-37-55-44(40-11-5-2-6-12-40,41-13-7-3-8-14-41)42-15-9-4-10-16-42/h2-20H,21-38H2,1H3. The van der Waals surface area contributed by atoms with Gasteiger partial charge in [-0.3, -0.25) is 4.18 Å². The van der Waals surface area contributed by atoms with Crippen LogP contribution in [0.1, 0.15) is 22.3 Å². The van der Waals surface area contributed by atoms with E-state index in [1.807, 2.05) is 61.5 Å². The van der Waals surface area contributed by atoms with E-state index in [9.17, 15) is 8.42 Å². The van der Waals surface area contributed by atoms with Crippen LogP contribution in [0.15, 0.2) is 120 Å². The Kier molecular flexibility index (Phi) is 22.6. The van der Waals surface area contributed by atoms with Gasteiger partial charge in [0.05, 0.1) is 124 Å². The highest BCUT2D eigenvalue weighted by Crippen LogP contribution is 2.40. The van der Waals surface area contributed by atoms with Gasteiger partial charge in [0.2, 0.25) is 0 Å². The lowest BCUT2D eigenvalue weighted by molar-refractivity contribution is -0.0398. The first-order chi connectivity index (χ1) is 28.0. The van der Waals surface area contributed by atoms with Crippen molar-refractivity contribution >= 4 is 10.1 Å². The van der Waals surface area contributed by atoms with Gasteiger partial charge in [-0.15, -0.1) is 0 Å². The second kappa shape index (κ2) is 28.0. The van der Waals surface area contributed by atoms with E-state index in [2.05, 4.69) is 36.4 Å². The molecule has 0 bridgehead atoms. The molecule has 0 aliphatic heterocycles. The average molecular weight is 811 g/mol. The summed E-state index contributed by atoms with van der Waals surface area (Å²) in [6, 6.07) is 37.4. The van der Waals surface area contributed by atoms with Crippen molar-refractivity contribution in [3.8, 4) is 0 Å². The summed E-state index contributed by atoms with van der Waals surface area (Å²) in [4.78, 5) is 0.127. The van der Waals surface area contributed by atoms with E-state index < -0.39 is 15.7 Å². The molecule has 0 aliphatic carbocycles. The Bertz CT molecular complexity index is 1580. The van der Waals surface area contributed by atoms with Crippen molar-refractivity contribution in [1.82, 2.24) is 0 Å². The lowest BCUT2D eigenvalue weighted by Gasteiger charge is -2.36. The molecule has 57 heavy (non-hydrogen) atoms. The largest absolute Gasteiger partial charge is 0.377 e. The molecule has 4 rings (SSSR count). The normalized spacial score (nSPS) is 11.9. The minimum Gasteiger partial charge on any atom is -0.377 e. The van der Waals surface area contributed by atoms with Crippen LogP contribution in [-0.4, -0.2) is 127 Å². The second-order valence-electron chi connectivity index (χ2n) is 12.6. The summed E-state index contributed by atoms with van der Waals surface area (Å²) < 4.78 is 80.4. The molecule has 0 fully saturated rings. The number of aryl methyl sites for hydroxylation is 1. The van der Waals surface area contributed by atoms with Gasteiger partial charge in [-0.25, -0.2) is 0 Å². The van der Waals surface area contributed by atoms with Crippen LogP contribution in [0.25, 0.3) is 0 Å². The van der Waals surface area contributed by atoms with Gasteiger partial charge < -0.3 is 42.6 Å². The fourth-order valence-corrected chi connectivity index (χ4v) is 6.53. The summed E-state index contributed by atoms with van der Waals surface area (Å²) in [5.74, 6) is 0. The molecule has 0 aliphatic rings. The highest BCUT2D eigenvalue weighted by molar-refractivity contribution is 7.86. The van der Waals surface area contributed by atoms with Crippen LogP contribution in [0.5, 0.6) is 0 Å². The number of hydrogen-bond acceptors (Lipinski definition) is 12. The van der Waals surface area contributed by atoms with E-state index in [0.29, 0.717) is 106 Å². The van der Waals surface area contributed by atoms with Gasteiger partial charge in [-0.1, -0.05) is 109 Å². The first-order valence-electron chi connectivity index (χ1n) is 19.4. The minimum atomic E-state index is -3.78. The van der Waals surface area contributed by atoms with Gasteiger partial charge in [0.1, 0.15) is 5.60 Å². The molecule has 0 N–H and O–H groups in total. The maximum atomic E-state index is 12.1. The molecule has 0 unspecified atom stereocenters. The van der Waals surface area contributed by atoms with Crippen LogP contribution in [0.4, 0.5) is 0 Å². The van der Waals surface area contributed by atoms with E-state index in [-0.39, 0.29) is 18.1 Å². The third kappa shape index (κ3) is 17.4. The fourth-order valence-electron chi connectivity index (χ4n) is 5.64. The molecule has 0 amide bonds. The van der Waals surface area contributed by atoms with Crippen LogP contribution in [0.2, 0.25) is 0 Å². The molecule has 4 aromatic rings. The van der Waals surface area contributed by atoms with Crippen molar-refractivity contribution < 1.29 is 55.2 Å². The molecule has 0 aromatic heterocycles. The number of ether oxygens (including phenoxy) is 9. The SMILES string of the molecule is Cc1ccc(S(=O)(=O)OCCOCCOCCOCCOCCOCCOCCOCCOCCOC(c2ccccc2)(c2ccccc2)c2ccccc2)cc1. The molecular weight excluding hydrogens is 753 g/mol. The summed E-state index contributed by atoms with van der Waals surface area (Å²) in [5, 5.41) is 0. The first-order valence-corrected chi connectivity index (χ1v) is 20.8. The Morgan fingerprint density at radius 3 is 0.965 bits per heavy atom. The van der Waals surface area contributed by atoms with Crippen LogP contribution < -0.4 is 0 Å². The zero-order valence-corrected chi connectivity index (χ0v) is 33.8. The topological polar surface area (TPSA) is 126 Å². The predicted octanol–water partition coefficient (Wildman–Crippen LogP) is 5.84. The van der Waals surface area contributed by atoms with Crippen molar-refractivity contribution in [2.45, 2.75) is 17.4 Å². The number of hydrogen-bond donors (Lipinski definition) is 0. The Morgan fingerprint density at radius 2 is 0.649 bits per heavy atom.